The molecule has 0 spiro atoms. The summed E-state index contributed by atoms with van der Waals surface area (Å²) in [5.74, 6) is -0.592. The van der Waals surface area contributed by atoms with Crippen molar-refractivity contribution in [2.45, 2.75) is 63.1 Å². The van der Waals surface area contributed by atoms with Crippen molar-refractivity contribution in [2.24, 2.45) is 17.6 Å². The zero-order chi connectivity index (χ0) is 21.8. The molecule has 3 aliphatic carbocycles. The van der Waals surface area contributed by atoms with E-state index in [1.54, 1.807) is 12.1 Å². The molecule has 2 atom stereocenters. The molecule has 0 aromatic heterocycles. The molecule has 4 N–H and O–H groups in total. The molecule has 8 nitrogen and oxygen atoms in total. The van der Waals surface area contributed by atoms with Crippen molar-refractivity contribution in [1.29, 1.82) is 0 Å². The largest absolute Gasteiger partial charge is 0.329 e. The number of nitrogens with zero attached hydrogens (tertiary/aromatic N) is 1. The summed E-state index contributed by atoms with van der Waals surface area (Å²) >= 11 is 0. The van der Waals surface area contributed by atoms with E-state index in [-0.39, 0.29) is 24.3 Å². The van der Waals surface area contributed by atoms with Gasteiger partial charge in [0.2, 0.25) is 11.8 Å². The average molecular weight is 425 g/mol. The summed E-state index contributed by atoms with van der Waals surface area (Å²) in [5, 5.41) is 5.92. The maximum Gasteiger partial charge on any atom is 0.262 e. The molecule has 4 fully saturated rings. The molecular formula is C23H28N4O4. The van der Waals surface area contributed by atoms with Crippen LogP contribution in [0.5, 0.6) is 0 Å². The van der Waals surface area contributed by atoms with Crippen LogP contribution in [0.25, 0.3) is 0 Å². The second-order valence-corrected chi connectivity index (χ2v) is 9.46. The van der Waals surface area contributed by atoms with Crippen molar-refractivity contribution in [3.8, 4) is 0 Å². The van der Waals surface area contributed by atoms with Crippen LogP contribution in [0.1, 0.15) is 71.2 Å². The van der Waals surface area contributed by atoms with E-state index in [9.17, 15) is 19.2 Å². The molecule has 8 heteroatoms. The van der Waals surface area contributed by atoms with Crippen molar-refractivity contribution in [1.82, 2.24) is 15.5 Å². The first kappa shape index (κ1) is 20.3. The SMILES string of the molecule is NCC1(NCc2ccc3c(c2)C(=O)N(C2CCC(=O)NC2=O)C3=O)CC2CCC1CC2. The van der Waals surface area contributed by atoms with Gasteiger partial charge in [0, 0.05) is 25.0 Å². The number of rotatable bonds is 5. The molecule has 2 unspecified atom stereocenters. The van der Waals surface area contributed by atoms with Crippen LogP contribution in [-0.4, -0.2) is 46.7 Å². The minimum atomic E-state index is -0.940. The van der Waals surface area contributed by atoms with E-state index in [0.717, 1.165) is 22.8 Å². The second-order valence-electron chi connectivity index (χ2n) is 9.46. The lowest BCUT2D eigenvalue weighted by Gasteiger charge is -2.52. The van der Waals surface area contributed by atoms with Gasteiger partial charge in [0.15, 0.2) is 0 Å². The van der Waals surface area contributed by atoms with Gasteiger partial charge >= 0.3 is 0 Å². The summed E-state index contributed by atoms with van der Waals surface area (Å²) in [5.41, 5.74) is 7.70. The Balaban J connectivity index is 1.33. The van der Waals surface area contributed by atoms with Gasteiger partial charge in [0.05, 0.1) is 11.1 Å². The average Bonchev–Trinajstić information content (AvgIpc) is 3.03. The van der Waals surface area contributed by atoms with Gasteiger partial charge in [-0.05, 0) is 55.2 Å². The molecule has 3 saturated carbocycles. The molecule has 1 aromatic carbocycles. The van der Waals surface area contributed by atoms with E-state index in [4.69, 9.17) is 5.73 Å². The summed E-state index contributed by atoms with van der Waals surface area (Å²) in [6, 6.07) is 4.33. The highest BCUT2D eigenvalue weighted by Gasteiger charge is 2.47. The number of nitrogens with one attached hydrogen (secondary N) is 2. The number of hydrogen-bond donors (Lipinski definition) is 3. The first-order chi connectivity index (χ1) is 14.9. The first-order valence-corrected chi connectivity index (χ1v) is 11.2. The third kappa shape index (κ3) is 3.29. The Kier molecular flexibility index (Phi) is 4.94. The van der Waals surface area contributed by atoms with Gasteiger partial charge in [-0.3, -0.25) is 29.4 Å². The molecular weight excluding hydrogens is 396 g/mol. The van der Waals surface area contributed by atoms with Crippen LogP contribution in [0.3, 0.4) is 0 Å². The molecule has 0 radical (unpaired) electrons. The predicted octanol–water partition coefficient (Wildman–Crippen LogP) is 1.08. The van der Waals surface area contributed by atoms with E-state index in [1.807, 2.05) is 6.07 Å². The second kappa shape index (κ2) is 7.53. The van der Waals surface area contributed by atoms with Crippen LogP contribution in [0.4, 0.5) is 0 Å². The molecule has 2 bridgehead atoms. The predicted molar refractivity (Wildman–Crippen MR) is 112 cm³/mol. The number of piperidine rings is 1. The standard InChI is InChI=1S/C23H28N4O4/c24-12-23(10-13-1-4-15(23)5-2-13)25-11-14-3-6-16-17(9-14)22(31)27(21(16)30)18-7-8-19(28)26-20(18)29/h3,6,9,13,15,18,25H,1-2,4-5,7-8,10-12,24H2,(H,26,28,29). The molecule has 1 aromatic rings. The maximum absolute atomic E-state index is 13.0. The quantitative estimate of drug-likeness (QED) is 0.608. The fourth-order valence-corrected chi connectivity index (χ4v) is 6.05. The van der Waals surface area contributed by atoms with Gasteiger partial charge in [0.1, 0.15) is 6.04 Å². The molecule has 31 heavy (non-hydrogen) atoms. The Bertz CT molecular complexity index is 968. The number of hydrogen-bond acceptors (Lipinski definition) is 6. The third-order valence-corrected chi connectivity index (χ3v) is 7.79. The summed E-state index contributed by atoms with van der Waals surface area (Å²) in [6.07, 6.45) is 6.38. The van der Waals surface area contributed by atoms with Crippen molar-refractivity contribution in [3.63, 3.8) is 0 Å². The van der Waals surface area contributed by atoms with Crippen LogP contribution in [0, 0.1) is 11.8 Å². The Morgan fingerprint density at radius 1 is 1.03 bits per heavy atom. The summed E-state index contributed by atoms with van der Waals surface area (Å²) in [6.45, 7) is 1.17. The lowest BCUT2D eigenvalue weighted by Crippen LogP contribution is -2.61. The number of imide groups is 2. The monoisotopic (exact) mass is 424 g/mol. The van der Waals surface area contributed by atoms with Gasteiger partial charge in [-0.2, -0.15) is 0 Å². The zero-order valence-electron chi connectivity index (χ0n) is 17.5. The van der Waals surface area contributed by atoms with Crippen molar-refractivity contribution >= 4 is 23.6 Å². The van der Waals surface area contributed by atoms with Crippen molar-refractivity contribution in [3.05, 3.63) is 34.9 Å². The first-order valence-electron chi connectivity index (χ1n) is 11.2. The molecule has 5 aliphatic rings. The van der Waals surface area contributed by atoms with Gasteiger partial charge < -0.3 is 11.1 Å². The van der Waals surface area contributed by atoms with Crippen molar-refractivity contribution in [2.75, 3.05) is 6.54 Å². The minimum absolute atomic E-state index is 0.0568. The Morgan fingerprint density at radius 3 is 2.42 bits per heavy atom. The van der Waals surface area contributed by atoms with E-state index >= 15 is 0 Å². The number of carbonyl (C=O) groups is 4. The summed E-state index contributed by atoms with van der Waals surface area (Å²) in [4.78, 5) is 50.5. The third-order valence-electron chi connectivity index (χ3n) is 7.79. The Labute approximate surface area is 180 Å². The fraction of sp³-hybridized carbons (Fsp3) is 0.565. The molecule has 2 heterocycles. The maximum atomic E-state index is 13.0. The number of amides is 4. The van der Waals surface area contributed by atoms with Crippen molar-refractivity contribution < 1.29 is 19.2 Å². The summed E-state index contributed by atoms with van der Waals surface area (Å²) < 4.78 is 0. The van der Waals surface area contributed by atoms with Crippen LogP contribution < -0.4 is 16.4 Å². The van der Waals surface area contributed by atoms with Gasteiger partial charge in [-0.15, -0.1) is 0 Å². The lowest BCUT2D eigenvalue weighted by molar-refractivity contribution is -0.136. The Hall–Kier alpha value is -2.58. The van der Waals surface area contributed by atoms with Gasteiger partial charge in [-0.1, -0.05) is 18.9 Å². The van der Waals surface area contributed by atoms with E-state index < -0.39 is 23.8 Å². The van der Waals surface area contributed by atoms with Crippen LogP contribution in [-0.2, 0) is 16.1 Å². The minimum Gasteiger partial charge on any atom is -0.329 e. The van der Waals surface area contributed by atoms with Gasteiger partial charge in [0.25, 0.3) is 11.8 Å². The Morgan fingerprint density at radius 2 is 1.77 bits per heavy atom. The highest BCUT2D eigenvalue weighted by Crippen LogP contribution is 2.47. The highest BCUT2D eigenvalue weighted by atomic mass is 16.2. The van der Waals surface area contributed by atoms with E-state index in [2.05, 4.69) is 10.6 Å². The lowest BCUT2D eigenvalue weighted by atomic mass is 9.60. The smallest absolute Gasteiger partial charge is 0.262 e. The number of nitrogens with two attached hydrogens (primary N) is 1. The normalized spacial score (nSPS) is 32.4. The highest BCUT2D eigenvalue weighted by molar-refractivity contribution is 6.23. The molecule has 6 rings (SSSR count). The van der Waals surface area contributed by atoms with E-state index in [0.29, 0.717) is 30.1 Å². The van der Waals surface area contributed by atoms with Crippen LogP contribution >= 0.6 is 0 Å². The molecule has 4 amide bonds. The van der Waals surface area contributed by atoms with Gasteiger partial charge in [-0.25, -0.2) is 0 Å². The fourth-order valence-electron chi connectivity index (χ4n) is 6.05. The molecule has 164 valence electrons. The number of benzene rings is 1. The molecule has 2 aliphatic heterocycles. The number of carbonyl (C=O) groups excluding carboxylic acids is 4. The van der Waals surface area contributed by atoms with Crippen LogP contribution in [0.2, 0.25) is 0 Å². The zero-order valence-corrected chi connectivity index (χ0v) is 17.5. The summed E-state index contributed by atoms with van der Waals surface area (Å²) in [7, 11) is 0. The van der Waals surface area contributed by atoms with Crippen LogP contribution in [0.15, 0.2) is 18.2 Å². The molecule has 1 saturated heterocycles. The van der Waals surface area contributed by atoms with E-state index in [1.165, 1.54) is 25.7 Å². The number of fused-ring (bicyclic) bond motifs is 4. The topological polar surface area (TPSA) is 122 Å².